The van der Waals surface area contributed by atoms with Gasteiger partial charge in [-0.25, -0.2) is 14.0 Å². The number of carbonyl (C=O) groups excluding carboxylic acids is 2. The lowest BCUT2D eigenvalue weighted by Crippen LogP contribution is -2.17. The quantitative estimate of drug-likeness (QED) is 0.640. The normalized spacial score (nSPS) is 10.3. The minimum Gasteiger partial charge on any atom is -0.454 e. The second-order valence-electron chi connectivity index (χ2n) is 4.69. The van der Waals surface area contributed by atoms with Crippen molar-refractivity contribution >= 4 is 11.8 Å². The van der Waals surface area contributed by atoms with Gasteiger partial charge in [0, 0.05) is 11.6 Å². The predicted octanol–water partition coefficient (Wildman–Crippen LogP) is 2.44. The molecule has 0 unspecified atom stereocenters. The number of rotatable bonds is 4. The summed E-state index contributed by atoms with van der Waals surface area (Å²) in [7, 11) is 0. The van der Waals surface area contributed by atoms with Gasteiger partial charge in [0.05, 0.1) is 0 Å². The second kappa shape index (κ2) is 6.34. The Balaban J connectivity index is 2.09. The first-order valence-corrected chi connectivity index (χ1v) is 6.45. The lowest BCUT2D eigenvalue weighted by Gasteiger charge is -2.08. The Hall–Kier alpha value is -2.76. The number of hydrogen-bond donors (Lipinski definition) is 0. The van der Waals surface area contributed by atoms with Crippen molar-refractivity contribution in [1.82, 2.24) is 0 Å². The highest BCUT2D eigenvalue weighted by molar-refractivity contribution is 5.99. The molecule has 0 aliphatic heterocycles. The molecule has 0 fully saturated rings. The van der Waals surface area contributed by atoms with Crippen LogP contribution in [0, 0.1) is 19.7 Å². The molecule has 0 aliphatic rings. The lowest BCUT2D eigenvalue weighted by atomic mass is 10.1. The minimum absolute atomic E-state index is 0.117. The molecular weight excluding hydrogens is 291 g/mol. The van der Waals surface area contributed by atoms with E-state index in [1.54, 1.807) is 6.92 Å². The predicted molar refractivity (Wildman–Crippen MR) is 75.5 cm³/mol. The van der Waals surface area contributed by atoms with Gasteiger partial charge in [0.15, 0.2) is 12.4 Å². The van der Waals surface area contributed by atoms with Crippen molar-refractivity contribution in [2.45, 2.75) is 13.8 Å². The Morgan fingerprint density at radius 3 is 2.41 bits per heavy atom. The standard InChI is InChI=1S/C16H13FO5/c1-9-7-14(19)22-10(2)15(9)16(20)21-8-13(18)11-3-5-12(17)6-4-11/h3-7H,8H2,1-2H3. The summed E-state index contributed by atoms with van der Waals surface area (Å²) in [5.41, 5.74) is 0.204. The number of carbonyl (C=O) groups is 2. The van der Waals surface area contributed by atoms with E-state index in [1.807, 2.05) is 0 Å². The van der Waals surface area contributed by atoms with E-state index in [-0.39, 0.29) is 16.9 Å². The molecule has 0 N–H and O–H groups in total. The van der Waals surface area contributed by atoms with Crippen molar-refractivity contribution in [1.29, 1.82) is 0 Å². The first-order valence-electron chi connectivity index (χ1n) is 6.45. The molecule has 22 heavy (non-hydrogen) atoms. The topological polar surface area (TPSA) is 73.6 Å². The molecule has 1 aromatic heterocycles. The third-order valence-corrected chi connectivity index (χ3v) is 3.04. The SMILES string of the molecule is Cc1cc(=O)oc(C)c1C(=O)OCC(=O)c1ccc(F)cc1. The largest absolute Gasteiger partial charge is 0.454 e. The summed E-state index contributed by atoms with van der Waals surface area (Å²) in [5, 5.41) is 0. The third-order valence-electron chi connectivity index (χ3n) is 3.04. The molecule has 0 saturated carbocycles. The van der Waals surface area contributed by atoms with Crippen LogP contribution in [-0.2, 0) is 4.74 Å². The fraction of sp³-hybridized carbons (Fsp3) is 0.188. The van der Waals surface area contributed by atoms with Crippen LogP contribution in [-0.4, -0.2) is 18.4 Å². The smallest absolute Gasteiger partial charge is 0.342 e. The summed E-state index contributed by atoms with van der Waals surface area (Å²) in [6.07, 6.45) is 0. The molecule has 2 aromatic rings. The van der Waals surface area contributed by atoms with Gasteiger partial charge in [-0.3, -0.25) is 4.79 Å². The monoisotopic (exact) mass is 304 g/mol. The summed E-state index contributed by atoms with van der Waals surface area (Å²) < 4.78 is 22.5. The van der Waals surface area contributed by atoms with E-state index in [4.69, 9.17) is 9.15 Å². The van der Waals surface area contributed by atoms with E-state index in [0.29, 0.717) is 5.56 Å². The summed E-state index contributed by atoms with van der Waals surface area (Å²) in [6.45, 7) is 2.55. The van der Waals surface area contributed by atoms with Crippen molar-refractivity contribution < 1.29 is 23.1 Å². The highest BCUT2D eigenvalue weighted by Crippen LogP contribution is 2.13. The fourth-order valence-corrected chi connectivity index (χ4v) is 1.99. The Morgan fingerprint density at radius 1 is 1.18 bits per heavy atom. The molecule has 0 saturated heterocycles. The number of ether oxygens (including phenoxy) is 1. The van der Waals surface area contributed by atoms with Crippen LogP contribution in [0.5, 0.6) is 0 Å². The maximum atomic E-state index is 12.8. The zero-order valence-corrected chi connectivity index (χ0v) is 12.0. The van der Waals surface area contributed by atoms with Crippen LogP contribution < -0.4 is 5.63 Å². The van der Waals surface area contributed by atoms with Gasteiger partial charge >= 0.3 is 11.6 Å². The Kier molecular flexibility index (Phi) is 4.50. The Morgan fingerprint density at radius 2 is 1.82 bits per heavy atom. The zero-order chi connectivity index (χ0) is 16.3. The van der Waals surface area contributed by atoms with Crippen molar-refractivity contribution in [2.75, 3.05) is 6.61 Å². The summed E-state index contributed by atoms with van der Waals surface area (Å²) in [4.78, 5) is 35.0. The highest BCUT2D eigenvalue weighted by Gasteiger charge is 2.18. The van der Waals surface area contributed by atoms with Crippen molar-refractivity contribution in [3.8, 4) is 0 Å². The molecule has 6 heteroatoms. The Labute approximate surface area is 125 Å². The van der Waals surface area contributed by atoms with Crippen molar-refractivity contribution in [3.63, 3.8) is 0 Å². The second-order valence-corrected chi connectivity index (χ2v) is 4.69. The fourth-order valence-electron chi connectivity index (χ4n) is 1.99. The van der Waals surface area contributed by atoms with E-state index in [9.17, 15) is 18.8 Å². The molecule has 0 radical (unpaired) electrons. The number of Topliss-reactive ketones (excluding diaryl/α,β-unsaturated/α-hetero) is 1. The first kappa shape index (κ1) is 15.6. The average Bonchev–Trinajstić information content (AvgIpc) is 2.44. The molecule has 0 aliphatic carbocycles. The highest BCUT2D eigenvalue weighted by atomic mass is 19.1. The number of halogens is 1. The molecule has 1 aromatic carbocycles. The van der Waals surface area contributed by atoms with E-state index in [2.05, 4.69) is 0 Å². The van der Waals surface area contributed by atoms with Crippen LogP contribution in [0.15, 0.2) is 39.5 Å². The maximum Gasteiger partial charge on any atom is 0.342 e. The molecule has 1 heterocycles. The minimum atomic E-state index is -0.755. The number of ketones is 1. The number of benzene rings is 1. The molecular formula is C16H13FO5. The van der Waals surface area contributed by atoms with Crippen LogP contribution in [0.1, 0.15) is 32.0 Å². The van der Waals surface area contributed by atoms with Gasteiger partial charge in [0.25, 0.3) is 0 Å². The van der Waals surface area contributed by atoms with Gasteiger partial charge in [-0.05, 0) is 43.7 Å². The molecule has 0 bridgehead atoms. The van der Waals surface area contributed by atoms with Gasteiger partial charge in [-0.2, -0.15) is 0 Å². The summed E-state index contributed by atoms with van der Waals surface area (Å²) in [5.74, 6) is -1.54. The van der Waals surface area contributed by atoms with Gasteiger partial charge in [0.2, 0.25) is 0 Å². The van der Waals surface area contributed by atoms with Crippen LogP contribution >= 0.6 is 0 Å². The van der Waals surface area contributed by atoms with Crippen LogP contribution in [0.2, 0.25) is 0 Å². The summed E-state index contributed by atoms with van der Waals surface area (Å²) in [6, 6.07) is 6.09. The van der Waals surface area contributed by atoms with Crippen LogP contribution in [0.3, 0.4) is 0 Å². The van der Waals surface area contributed by atoms with Gasteiger partial charge in [-0.15, -0.1) is 0 Å². The van der Waals surface area contributed by atoms with Gasteiger partial charge in [0.1, 0.15) is 17.1 Å². The van der Waals surface area contributed by atoms with Crippen molar-refractivity contribution in [2.24, 2.45) is 0 Å². The molecule has 2 rings (SSSR count). The van der Waals surface area contributed by atoms with Gasteiger partial charge in [-0.1, -0.05) is 0 Å². The van der Waals surface area contributed by atoms with Crippen LogP contribution in [0.4, 0.5) is 4.39 Å². The maximum absolute atomic E-state index is 12.8. The Bertz CT molecular complexity index is 748. The lowest BCUT2D eigenvalue weighted by molar-refractivity contribution is 0.0470. The van der Waals surface area contributed by atoms with E-state index >= 15 is 0 Å². The molecule has 114 valence electrons. The zero-order valence-electron chi connectivity index (χ0n) is 12.0. The molecule has 0 amide bonds. The number of esters is 1. The van der Waals surface area contributed by atoms with Gasteiger partial charge < -0.3 is 9.15 Å². The third kappa shape index (κ3) is 3.46. The molecule has 0 atom stereocenters. The van der Waals surface area contributed by atoms with Crippen LogP contribution in [0.25, 0.3) is 0 Å². The van der Waals surface area contributed by atoms with E-state index < -0.39 is 29.8 Å². The van der Waals surface area contributed by atoms with E-state index in [0.717, 1.165) is 12.1 Å². The molecule has 5 nitrogen and oxygen atoms in total. The number of hydrogen-bond acceptors (Lipinski definition) is 5. The first-order chi connectivity index (χ1) is 10.4. The summed E-state index contributed by atoms with van der Waals surface area (Å²) >= 11 is 0. The molecule has 0 spiro atoms. The number of aryl methyl sites for hydroxylation is 2. The van der Waals surface area contributed by atoms with E-state index in [1.165, 1.54) is 25.1 Å². The van der Waals surface area contributed by atoms with Crippen molar-refractivity contribution in [3.05, 3.63) is 69.0 Å². The average molecular weight is 304 g/mol.